The van der Waals surface area contributed by atoms with Gasteiger partial charge < -0.3 is 15.8 Å². The Morgan fingerprint density at radius 2 is 1.45 bits per heavy atom. The maximum Gasteiger partial charge on any atom is 0.311 e. The molecule has 0 heterocycles. The number of nitrogens with one attached hydrogen (secondary N) is 2. The second-order valence-corrected chi connectivity index (χ2v) is 9.58. The quantitative estimate of drug-likeness (QED) is 0.137. The van der Waals surface area contributed by atoms with Crippen molar-refractivity contribution in [1.29, 1.82) is 5.41 Å². The predicted octanol–water partition coefficient (Wildman–Crippen LogP) is 5.41. The van der Waals surface area contributed by atoms with Gasteiger partial charge in [-0.2, -0.15) is 0 Å². The van der Waals surface area contributed by atoms with Crippen LogP contribution in [0.3, 0.4) is 0 Å². The lowest BCUT2D eigenvalue weighted by molar-refractivity contribution is -0.145. The number of hydrogen-bond acceptors (Lipinski definition) is 4. The fourth-order valence-electron chi connectivity index (χ4n) is 4.53. The Bertz CT molecular complexity index is 1470. The fraction of sp³-hybridized carbons (Fsp3) is 0.147. The minimum absolute atomic E-state index is 0.0546. The van der Waals surface area contributed by atoms with Gasteiger partial charge in [0, 0.05) is 11.1 Å². The molecule has 4 aromatic rings. The lowest BCUT2D eigenvalue weighted by atomic mass is 9.90. The molecule has 0 aliphatic heterocycles. The van der Waals surface area contributed by atoms with Gasteiger partial charge in [-0.25, -0.2) is 0 Å². The molecule has 6 heteroatoms. The van der Waals surface area contributed by atoms with Crippen molar-refractivity contribution in [3.05, 3.63) is 149 Å². The molecule has 0 unspecified atom stereocenters. The molecular formula is C34H33N3O3. The zero-order valence-electron chi connectivity index (χ0n) is 22.4. The van der Waals surface area contributed by atoms with Gasteiger partial charge in [-0.15, -0.1) is 0 Å². The first-order valence-electron chi connectivity index (χ1n) is 13.1. The average molecular weight is 532 g/mol. The molecule has 1 amide bonds. The van der Waals surface area contributed by atoms with Gasteiger partial charge in [-0.05, 0) is 53.3 Å². The van der Waals surface area contributed by atoms with E-state index in [-0.39, 0.29) is 18.2 Å². The number of nitrogens with two attached hydrogens (primary N) is 1. The summed E-state index contributed by atoms with van der Waals surface area (Å²) in [6, 6.07) is 33.8. The molecule has 4 N–H and O–H groups in total. The van der Waals surface area contributed by atoms with E-state index < -0.39 is 17.9 Å². The summed E-state index contributed by atoms with van der Waals surface area (Å²) in [4.78, 5) is 26.5. The molecule has 6 nitrogen and oxygen atoms in total. The van der Waals surface area contributed by atoms with Crippen LogP contribution in [0.25, 0.3) is 6.08 Å². The second kappa shape index (κ2) is 13.7. The molecule has 0 fully saturated rings. The minimum Gasteiger partial charge on any atom is -0.469 e. The molecule has 0 spiro atoms. The van der Waals surface area contributed by atoms with Crippen molar-refractivity contribution in [3.63, 3.8) is 0 Å². The number of methoxy groups -OCH3 is 1. The molecule has 0 aromatic heterocycles. The van der Waals surface area contributed by atoms with Crippen molar-refractivity contribution in [2.24, 2.45) is 11.7 Å². The van der Waals surface area contributed by atoms with E-state index in [1.165, 1.54) is 12.7 Å². The first-order chi connectivity index (χ1) is 19.4. The third-order valence-corrected chi connectivity index (χ3v) is 6.69. The van der Waals surface area contributed by atoms with Gasteiger partial charge in [0.25, 0.3) is 5.91 Å². The Morgan fingerprint density at radius 3 is 2.10 bits per heavy atom. The lowest BCUT2D eigenvalue weighted by Gasteiger charge is -2.24. The van der Waals surface area contributed by atoms with E-state index in [0.29, 0.717) is 11.1 Å². The molecule has 0 radical (unpaired) electrons. The summed E-state index contributed by atoms with van der Waals surface area (Å²) in [7, 11) is 1.34. The number of nitrogen functional groups attached to an aromatic ring is 1. The molecule has 0 bridgehead atoms. The van der Waals surface area contributed by atoms with Crippen molar-refractivity contribution in [1.82, 2.24) is 5.32 Å². The molecule has 202 valence electrons. The molecule has 0 aliphatic carbocycles. The third kappa shape index (κ3) is 7.77. The van der Waals surface area contributed by atoms with Crippen molar-refractivity contribution >= 4 is 23.8 Å². The fourth-order valence-corrected chi connectivity index (χ4v) is 4.53. The first-order valence-corrected chi connectivity index (χ1v) is 13.1. The Kier molecular flexibility index (Phi) is 9.62. The molecule has 0 saturated heterocycles. The van der Waals surface area contributed by atoms with Gasteiger partial charge in [0.15, 0.2) is 0 Å². The van der Waals surface area contributed by atoms with Crippen molar-refractivity contribution < 1.29 is 14.3 Å². The first kappa shape index (κ1) is 28.0. The van der Waals surface area contributed by atoms with Crippen LogP contribution in [-0.4, -0.2) is 30.9 Å². The molecule has 4 aromatic carbocycles. The van der Waals surface area contributed by atoms with Gasteiger partial charge >= 0.3 is 5.97 Å². The molecule has 0 aliphatic rings. The number of ether oxygens (including phenoxy) is 1. The summed E-state index contributed by atoms with van der Waals surface area (Å²) in [5.74, 6) is -1.51. The van der Waals surface area contributed by atoms with Crippen LogP contribution in [0.4, 0.5) is 0 Å². The van der Waals surface area contributed by atoms with Crippen molar-refractivity contribution in [3.8, 4) is 0 Å². The Balaban J connectivity index is 1.59. The van der Waals surface area contributed by atoms with Crippen molar-refractivity contribution in [2.75, 3.05) is 7.11 Å². The van der Waals surface area contributed by atoms with Gasteiger partial charge in [-0.1, -0.05) is 103 Å². The predicted molar refractivity (Wildman–Crippen MR) is 159 cm³/mol. The number of hydrogen-bond donors (Lipinski definition) is 3. The van der Waals surface area contributed by atoms with E-state index in [1.54, 1.807) is 30.3 Å². The smallest absolute Gasteiger partial charge is 0.311 e. The van der Waals surface area contributed by atoms with E-state index in [9.17, 15) is 9.59 Å². The number of amidine groups is 1. The Morgan fingerprint density at radius 1 is 0.825 bits per heavy atom. The van der Waals surface area contributed by atoms with Gasteiger partial charge in [0.05, 0.1) is 19.1 Å². The Labute approximate surface area is 235 Å². The normalized spacial score (nSPS) is 12.4. The molecule has 40 heavy (non-hydrogen) atoms. The topological polar surface area (TPSA) is 105 Å². The molecule has 0 saturated carbocycles. The van der Waals surface area contributed by atoms with E-state index in [0.717, 1.165) is 23.1 Å². The van der Waals surface area contributed by atoms with Crippen LogP contribution in [0.1, 0.15) is 38.2 Å². The summed E-state index contributed by atoms with van der Waals surface area (Å²) >= 11 is 0. The average Bonchev–Trinajstić information content (AvgIpc) is 2.99. The number of carbonyl (C=O) groups excluding carboxylic acids is 2. The summed E-state index contributed by atoms with van der Waals surface area (Å²) in [5, 5.41) is 10.8. The van der Waals surface area contributed by atoms with Crippen LogP contribution < -0.4 is 11.1 Å². The van der Waals surface area contributed by atoms with Crippen LogP contribution in [-0.2, 0) is 22.4 Å². The molecule has 4 rings (SSSR count). The zero-order chi connectivity index (χ0) is 28.3. The highest BCUT2D eigenvalue weighted by Crippen LogP contribution is 2.19. The summed E-state index contributed by atoms with van der Waals surface area (Å²) in [6.07, 6.45) is 4.77. The van der Waals surface area contributed by atoms with E-state index >= 15 is 0 Å². The van der Waals surface area contributed by atoms with Gasteiger partial charge in [-0.3, -0.25) is 15.0 Å². The van der Waals surface area contributed by atoms with E-state index in [1.807, 2.05) is 78.9 Å². The van der Waals surface area contributed by atoms with Crippen molar-refractivity contribution in [2.45, 2.75) is 18.9 Å². The van der Waals surface area contributed by atoms with E-state index in [2.05, 4.69) is 17.4 Å². The third-order valence-electron chi connectivity index (χ3n) is 6.69. The molecule has 2 atom stereocenters. The summed E-state index contributed by atoms with van der Waals surface area (Å²) < 4.78 is 5.16. The largest absolute Gasteiger partial charge is 0.469 e. The second-order valence-electron chi connectivity index (χ2n) is 9.58. The summed E-state index contributed by atoms with van der Waals surface area (Å²) in [5.41, 5.74) is 10.8. The van der Waals surface area contributed by atoms with Crippen LogP contribution >= 0.6 is 0 Å². The zero-order valence-corrected chi connectivity index (χ0v) is 22.4. The Hall–Kier alpha value is -4.97. The van der Waals surface area contributed by atoms with Gasteiger partial charge in [0.2, 0.25) is 0 Å². The number of rotatable bonds is 11. The highest BCUT2D eigenvalue weighted by molar-refractivity contribution is 5.95. The molecular weight excluding hydrogens is 498 g/mol. The number of amides is 1. The van der Waals surface area contributed by atoms with Crippen LogP contribution in [0.5, 0.6) is 0 Å². The standard InChI is InChI=1S/C34H33N3O3/c1-40-34(39)30(23-27-13-8-14-29(22-27)32(35)36)31(20-17-24-9-4-2-5-10-24)37-33(38)28-18-15-26(16-19-28)21-25-11-6-3-7-12-25/h2-20,22,30-31H,21,23H2,1H3,(H3,35,36)(H,37,38)/b20-17+/t30-,31-/m0/s1. The summed E-state index contributed by atoms with van der Waals surface area (Å²) in [6.45, 7) is 0. The maximum atomic E-state index is 13.4. The highest BCUT2D eigenvalue weighted by atomic mass is 16.5. The SMILES string of the molecule is COC(=O)[C@@H](Cc1cccc(C(=N)N)c1)[C@H](/C=C/c1ccccc1)NC(=O)c1ccc(Cc2ccccc2)cc1. The number of esters is 1. The highest BCUT2D eigenvalue weighted by Gasteiger charge is 2.29. The van der Waals surface area contributed by atoms with Crippen LogP contribution in [0, 0.1) is 11.3 Å². The lowest BCUT2D eigenvalue weighted by Crippen LogP contribution is -2.43. The number of carbonyl (C=O) groups is 2. The van der Waals surface area contributed by atoms with Crippen LogP contribution in [0.2, 0.25) is 0 Å². The maximum absolute atomic E-state index is 13.4. The van der Waals surface area contributed by atoms with E-state index in [4.69, 9.17) is 15.9 Å². The monoisotopic (exact) mass is 531 g/mol. The number of benzene rings is 4. The van der Waals surface area contributed by atoms with Crippen LogP contribution in [0.15, 0.2) is 115 Å². The van der Waals surface area contributed by atoms with Gasteiger partial charge in [0.1, 0.15) is 5.84 Å². The minimum atomic E-state index is -0.714.